The fourth-order valence-corrected chi connectivity index (χ4v) is 3.73. The van der Waals surface area contributed by atoms with Gasteiger partial charge in [0.05, 0.1) is 11.7 Å². The fraction of sp³-hybridized carbons (Fsp3) is 1.00. The Bertz CT molecular complexity index is 244. The van der Waals surface area contributed by atoms with E-state index in [2.05, 4.69) is 34.6 Å². The summed E-state index contributed by atoms with van der Waals surface area (Å²) in [6, 6.07) is 0. The van der Waals surface area contributed by atoms with Gasteiger partial charge in [0.2, 0.25) is 0 Å². The Morgan fingerprint density at radius 3 is 1.67 bits per heavy atom. The maximum Gasteiger partial charge on any atom is 0.0942 e. The van der Waals surface area contributed by atoms with Gasteiger partial charge in [0.15, 0.2) is 0 Å². The molecule has 0 radical (unpaired) electrons. The van der Waals surface area contributed by atoms with Crippen LogP contribution in [0.25, 0.3) is 0 Å². The fourth-order valence-electron chi connectivity index (χ4n) is 3.73. The van der Waals surface area contributed by atoms with E-state index < -0.39 is 0 Å². The number of rotatable bonds is 18. The molecular formula is C22H46O2. The van der Waals surface area contributed by atoms with E-state index in [9.17, 15) is 0 Å². The molecule has 0 N–H and O–H groups in total. The van der Waals surface area contributed by atoms with Gasteiger partial charge in [-0.05, 0) is 33.1 Å². The molecule has 0 bridgehead atoms. The van der Waals surface area contributed by atoms with Gasteiger partial charge in [0.25, 0.3) is 0 Å². The molecule has 0 saturated heterocycles. The second kappa shape index (κ2) is 16.4. The number of ether oxygens (including phenoxy) is 2. The molecular weight excluding hydrogens is 296 g/mol. The monoisotopic (exact) mass is 342 g/mol. The van der Waals surface area contributed by atoms with Crippen molar-refractivity contribution >= 4 is 0 Å². The van der Waals surface area contributed by atoms with Crippen LogP contribution in [0.2, 0.25) is 0 Å². The first-order chi connectivity index (χ1) is 11.7. The molecule has 0 aliphatic carbocycles. The molecule has 0 rings (SSSR count). The van der Waals surface area contributed by atoms with Crippen LogP contribution in [-0.4, -0.2) is 24.9 Å². The zero-order valence-corrected chi connectivity index (χ0v) is 17.5. The maximum absolute atomic E-state index is 6.42. The highest BCUT2D eigenvalue weighted by Gasteiger charge is 2.38. The summed E-state index contributed by atoms with van der Waals surface area (Å²) in [5.74, 6) is 0. The Morgan fingerprint density at radius 1 is 0.625 bits per heavy atom. The lowest BCUT2D eigenvalue weighted by Crippen LogP contribution is -2.47. The van der Waals surface area contributed by atoms with Gasteiger partial charge in [-0.25, -0.2) is 0 Å². The summed E-state index contributed by atoms with van der Waals surface area (Å²) in [5.41, 5.74) is -0.0554. The van der Waals surface area contributed by atoms with Gasteiger partial charge in [-0.3, -0.25) is 0 Å². The van der Waals surface area contributed by atoms with E-state index in [0.717, 1.165) is 32.5 Å². The largest absolute Gasteiger partial charge is 0.376 e. The molecule has 0 fully saturated rings. The van der Waals surface area contributed by atoms with E-state index in [4.69, 9.17) is 9.47 Å². The normalized spacial score (nSPS) is 13.4. The van der Waals surface area contributed by atoms with E-state index in [1.165, 1.54) is 64.2 Å². The van der Waals surface area contributed by atoms with E-state index in [1.807, 2.05) is 0 Å². The minimum absolute atomic E-state index is 0.0554. The van der Waals surface area contributed by atoms with Crippen molar-refractivity contribution in [2.75, 3.05) is 13.2 Å². The maximum atomic E-state index is 6.42. The molecule has 1 unspecified atom stereocenters. The van der Waals surface area contributed by atoms with Crippen molar-refractivity contribution in [1.29, 1.82) is 0 Å². The highest BCUT2D eigenvalue weighted by atomic mass is 16.5. The van der Waals surface area contributed by atoms with Crippen molar-refractivity contribution in [3.63, 3.8) is 0 Å². The van der Waals surface area contributed by atoms with Crippen molar-refractivity contribution in [3.8, 4) is 0 Å². The molecule has 0 amide bonds. The van der Waals surface area contributed by atoms with Crippen LogP contribution in [0.15, 0.2) is 0 Å². The Morgan fingerprint density at radius 2 is 1.17 bits per heavy atom. The molecule has 2 heteroatoms. The standard InChI is InChI=1S/C22H46O2/c1-6-11-14-15-16-17-18-21(23-9-4)22(24-10-5,19-12-7-2)20-13-8-3/h21H,6-20H2,1-5H3. The number of unbranched alkanes of at least 4 members (excludes halogenated alkanes) is 7. The van der Waals surface area contributed by atoms with Crippen LogP contribution in [-0.2, 0) is 9.47 Å². The summed E-state index contributed by atoms with van der Waals surface area (Å²) in [5, 5.41) is 0. The highest BCUT2D eigenvalue weighted by molar-refractivity contribution is 4.90. The third kappa shape index (κ3) is 10.0. The average molecular weight is 343 g/mol. The molecule has 1 atom stereocenters. The topological polar surface area (TPSA) is 18.5 Å². The Balaban J connectivity index is 4.78. The van der Waals surface area contributed by atoms with Crippen molar-refractivity contribution in [2.24, 2.45) is 0 Å². The SMILES string of the molecule is CCCCCCCCC(OCC)C(CCCC)(CCCC)OCC. The van der Waals surface area contributed by atoms with Crippen molar-refractivity contribution in [2.45, 2.75) is 130 Å². The van der Waals surface area contributed by atoms with E-state index in [0.29, 0.717) is 0 Å². The summed E-state index contributed by atoms with van der Waals surface area (Å²) in [6.45, 7) is 12.7. The van der Waals surface area contributed by atoms with Crippen LogP contribution in [0.4, 0.5) is 0 Å². The molecule has 0 aromatic carbocycles. The zero-order chi connectivity index (χ0) is 18.1. The van der Waals surface area contributed by atoms with Crippen LogP contribution in [0.5, 0.6) is 0 Å². The zero-order valence-electron chi connectivity index (χ0n) is 17.5. The predicted molar refractivity (Wildman–Crippen MR) is 107 cm³/mol. The summed E-state index contributed by atoms with van der Waals surface area (Å²) in [6.07, 6.45) is 16.8. The molecule has 0 aromatic rings. The second-order valence-corrected chi connectivity index (χ2v) is 7.21. The minimum Gasteiger partial charge on any atom is -0.376 e. The number of hydrogen-bond acceptors (Lipinski definition) is 2. The minimum atomic E-state index is -0.0554. The smallest absolute Gasteiger partial charge is 0.0942 e. The summed E-state index contributed by atoms with van der Waals surface area (Å²) < 4.78 is 12.7. The number of hydrogen-bond donors (Lipinski definition) is 0. The lowest BCUT2D eigenvalue weighted by molar-refractivity contribution is -0.155. The van der Waals surface area contributed by atoms with E-state index in [-0.39, 0.29) is 11.7 Å². The summed E-state index contributed by atoms with van der Waals surface area (Å²) in [7, 11) is 0. The van der Waals surface area contributed by atoms with Crippen molar-refractivity contribution in [3.05, 3.63) is 0 Å². The molecule has 0 spiro atoms. The second-order valence-electron chi connectivity index (χ2n) is 7.21. The lowest BCUT2D eigenvalue weighted by atomic mass is 9.82. The highest BCUT2D eigenvalue weighted by Crippen LogP contribution is 2.34. The Kier molecular flexibility index (Phi) is 16.3. The molecule has 24 heavy (non-hydrogen) atoms. The van der Waals surface area contributed by atoms with Crippen molar-refractivity contribution in [1.82, 2.24) is 0 Å². The van der Waals surface area contributed by atoms with Gasteiger partial charge in [-0.15, -0.1) is 0 Å². The van der Waals surface area contributed by atoms with Crippen LogP contribution < -0.4 is 0 Å². The molecule has 0 saturated carbocycles. The average Bonchev–Trinajstić information content (AvgIpc) is 2.59. The van der Waals surface area contributed by atoms with Crippen LogP contribution in [0.1, 0.15) is 118 Å². The third-order valence-corrected chi connectivity index (χ3v) is 5.11. The van der Waals surface area contributed by atoms with Gasteiger partial charge in [0.1, 0.15) is 0 Å². The van der Waals surface area contributed by atoms with E-state index >= 15 is 0 Å². The molecule has 2 nitrogen and oxygen atoms in total. The van der Waals surface area contributed by atoms with Crippen LogP contribution in [0, 0.1) is 0 Å². The molecule has 0 aliphatic heterocycles. The molecule has 0 aliphatic rings. The van der Waals surface area contributed by atoms with Gasteiger partial charge in [0, 0.05) is 13.2 Å². The van der Waals surface area contributed by atoms with Gasteiger partial charge < -0.3 is 9.47 Å². The van der Waals surface area contributed by atoms with Gasteiger partial charge in [-0.1, -0.05) is 85.0 Å². The third-order valence-electron chi connectivity index (χ3n) is 5.11. The van der Waals surface area contributed by atoms with Gasteiger partial charge >= 0.3 is 0 Å². The van der Waals surface area contributed by atoms with Crippen LogP contribution >= 0.6 is 0 Å². The Labute approximate surface area is 153 Å². The van der Waals surface area contributed by atoms with Crippen molar-refractivity contribution < 1.29 is 9.47 Å². The first-order valence-corrected chi connectivity index (χ1v) is 11.0. The van der Waals surface area contributed by atoms with E-state index in [1.54, 1.807) is 0 Å². The predicted octanol–water partition coefficient (Wildman–Crippen LogP) is 7.30. The molecule has 146 valence electrons. The summed E-state index contributed by atoms with van der Waals surface area (Å²) in [4.78, 5) is 0. The quantitative estimate of drug-likeness (QED) is 0.243. The van der Waals surface area contributed by atoms with Crippen LogP contribution in [0.3, 0.4) is 0 Å². The first-order valence-electron chi connectivity index (χ1n) is 11.0. The lowest BCUT2D eigenvalue weighted by Gasteiger charge is -2.41. The molecule has 0 aromatic heterocycles. The first kappa shape index (κ1) is 23.9. The molecule has 0 heterocycles. The summed E-state index contributed by atoms with van der Waals surface area (Å²) >= 11 is 0. The van der Waals surface area contributed by atoms with Gasteiger partial charge in [-0.2, -0.15) is 0 Å². The Hall–Kier alpha value is -0.0800.